The van der Waals surface area contributed by atoms with Gasteiger partial charge >= 0.3 is 0 Å². The Balaban J connectivity index is 1.43. The average Bonchev–Trinajstić information content (AvgIpc) is 3.08. The second-order valence-electron chi connectivity index (χ2n) is 7.15. The fourth-order valence-electron chi connectivity index (χ4n) is 4.06. The van der Waals surface area contributed by atoms with Crippen molar-refractivity contribution in [2.75, 3.05) is 11.9 Å². The molecule has 1 amide bonds. The number of hydrogen-bond acceptors (Lipinski definition) is 1. The fraction of sp³-hybridized carbons (Fsp3) is 0.381. The zero-order chi connectivity index (χ0) is 16.5. The Morgan fingerprint density at radius 3 is 2.62 bits per heavy atom. The normalized spacial score (nSPS) is 20.1. The molecule has 3 heteroatoms. The number of carbonyl (C=O) groups is 1. The van der Waals surface area contributed by atoms with Gasteiger partial charge in [-0.15, -0.1) is 0 Å². The van der Waals surface area contributed by atoms with Crippen LogP contribution in [0.2, 0.25) is 0 Å². The maximum atomic E-state index is 12.7. The topological polar surface area (TPSA) is 33.5 Å². The molecule has 2 aromatic carbocycles. The molecule has 0 fully saturated rings. The Morgan fingerprint density at radius 2 is 1.75 bits per heavy atom. The zero-order valence-corrected chi connectivity index (χ0v) is 14.3. The van der Waals surface area contributed by atoms with Gasteiger partial charge < -0.3 is 10.2 Å². The predicted molar refractivity (Wildman–Crippen MR) is 96.2 cm³/mol. The van der Waals surface area contributed by atoms with E-state index in [1.165, 1.54) is 40.0 Å². The average molecular weight is 321 g/mol. The van der Waals surface area contributed by atoms with Crippen LogP contribution in [0.4, 0.5) is 5.69 Å². The lowest BCUT2D eigenvalue weighted by Crippen LogP contribution is -3.16. The number of hydrogen-bond donors (Lipinski definition) is 2. The summed E-state index contributed by atoms with van der Waals surface area (Å²) in [5.41, 5.74) is 6.62. The van der Waals surface area contributed by atoms with Gasteiger partial charge in [0.2, 0.25) is 0 Å². The first kappa shape index (κ1) is 15.4. The van der Waals surface area contributed by atoms with Crippen molar-refractivity contribution >= 4 is 11.6 Å². The van der Waals surface area contributed by atoms with Crippen LogP contribution in [0.5, 0.6) is 0 Å². The molecule has 0 spiro atoms. The van der Waals surface area contributed by atoms with Gasteiger partial charge in [-0.25, -0.2) is 0 Å². The lowest BCUT2D eigenvalue weighted by atomic mass is 9.98. The Morgan fingerprint density at radius 1 is 1.00 bits per heavy atom. The molecule has 2 aliphatic rings. The summed E-state index contributed by atoms with van der Waals surface area (Å²) < 4.78 is 0. The maximum absolute atomic E-state index is 12.7. The second kappa shape index (κ2) is 6.40. The van der Waals surface area contributed by atoms with E-state index in [9.17, 15) is 4.79 Å². The summed E-state index contributed by atoms with van der Waals surface area (Å²) in [6.45, 7) is 4.01. The van der Waals surface area contributed by atoms with Crippen molar-refractivity contribution in [2.24, 2.45) is 0 Å². The van der Waals surface area contributed by atoms with Gasteiger partial charge in [0.15, 0.2) is 6.04 Å². The third-order valence-electron chi connectivity index (χ3n) is 5.62. The van der Waals surface area contributed by atoms with Crippen LogP contribution < -0.4 is 10.2 Å². The summed E-state index contributed by atoms with van der Waals surface area (Å²) in [6.07, 6.45) is 4.61. The molecule has 2 aromatic rings. The first-order valence-electron chi connectivity index (χ1n) is 9.05. The van der Waals surface area contributed by atoms with Crippen LogP contribution in [0, 0.1) is 0 Å². The van der Waals surface area contributed by atoms with E-state index < -0.39 is 0 Å². The van der Waals surface area contributed by atoms with Gasteiger partial charge in [0.05, 0.1) is 6.54 Å². The molecule has 1 heterocycles. The van der Waals surface area contributed by atoms with Gasteiger partial charge in [0, 0.05) is 17.7 Å². The monoisotopic (exact) mass is 321 g/mol. The molecule has 2 N–H and O–H groups in total. The van der Waals surface area contributed by atoms with E-state index in [0.29, 0.717) is 0 Å². The van der Waals surface area contributed by atoms with Crippen LogP contribution in [0.3, 0.4) is 0 Å². The van der Waals surface area contributed by atoms with Crippen LogP contribution in [0.15, 0.2) is 42.5 Å². The first-order valence-corrected chi connectivity index (χ1v) is 9.05. The number of aryl methyl sites for hydroxylation is 2. The van der Waals surface area contributed by atoms with Crippen LogP contribution >= 0.6 is 0 Å². The minimum Gasteiger partial charge on any atom is -0.321 e. The molecule has 1 unspecified atom stereocenters. The minimum atomic E-state index is -0.0355. The molecule has 3 nitrogen and oxygen atoms in total. The number of carbonyl (C=O) groups excluding carboxylic acids is 1. The van der Waals surface area contributed by atoms with Crippen molar-refractivity contribution in [3.8, 4) is 0 Å². The Hall–Kier alpha value is -2.13. The lowest BCUT2D eigenvalue weighted by Gasteiger charge is -2.30. The molecule has 4 rings (SSSR count). The highest BCUT2D eigenvalue weighted by Crippen LogP contribution is 2.24. The highest BCUT2D eigenvalue weighted by molar-refractivity contribution is 5.93. The Bertz CT molecular complexity index is 768. The molecule has 0 radical (unpaired) electrons. The van der Waals surface area contributed by atoms with Gasteiger partial charge in [0.1, 0.15) is 6.54 Å². The molecule has 0 saturated carbocycles. The number of quaternary nitrogens is 1. The van der Waals surface area contributed by atoms with Crippen molar-refractivity contribution in [2.45, 2.75) is 45.2 Å². The number of rotatable bonds is 3. The molecular weight excluding hydrogens is 296 g/mol. The smallest absolute Gasteiger partial charge is 0.282 e. The number of benzene rings is 2. The van der Waals surface area contributed by atoms with Crippen LogP contribution in [0.25, 0.3) is 0 Å². The van der Waals surface area contributed by atoms with Crippen LogP contribution in [0.1, 0.15) is 35.6 Å². The highest BCUT2D eigenvalue weighted by atomic mass is 16.2. The van der Waals surface area contributed by atoms with E-state index in [2.05, 4.69) is 47.8 Å². The van der Waals surface area contributed by atoms with Crippen molar-refractivity contribution in [1.82, 2.24) is 0 Å². The molecule has 2 atom stereocenters. The molecule has 0 saturated heterocycles. The molecule has 1 aliphatic heterocycles. The Labute approximate surface area is 143 Å². The fourth-order valence-corrected chi connectivity index (χ4v) is 4.06. The van der Waals surface area contributed by atoms with Gasteiger partial charge in [-0.05, 0) is 55.0 Å². The summed E-state index contributed by atoms with van der Waals surface area (Å²) in [5, 5.41) is 3.13. The maximum Gasteiger partial charge on any atom is 0.282 e. The van der Waals surface area contributed by atoms with Crippen molar-refractivity contribution in [1.29, 1.82) is 0 Å². The summed E-state index contributed by atoms with van der Waals surface area (Å²) in [6, 6.07) is 15.0. The Kier molecular flexibility index (Phi) is 4.11. The number of nitrogens with one attached hydrogen (secondary N) is 2. The molecule has 0 bridgehead atoms. The summed E-state index contributed by atoms with van der Waals surface area (Å²) in [5.74, 6) is 0.127. The second-order valence-corrected chi connectivity index (χ2v) is 7.15. The molecule has 0 aromatic heterocycles. The quantitative estimate of drug-likeness (QED) is 0.892. The first-order chi connectivity index (χ1) is 11.7. The van der Waals surface area contributed by atoms with E-state index >= 15 is 0 Å². The van der Waals surface area contributed by atoms with E-state index in [-0.39, 0.29) is 11.9 Å². The molecule has 24 heavy (non-hydrogen) atoms. The van der Waals surface area contributed by atoms with Crippen LogP contribution in [-0.4, -0.2) is 18.5 Å². The highest BCUT2D eigenvalue weighted by Gasteiger charge is 2.29. The summed E-state index contributed by atoms with van der Waals surface area (Å²) in [4.78, 5) is 14.0. The summed E-state index contributed by atoms with van der Waals surface area (Å²) in [7, 11) is 0. The van der Waals surface area contributed by atoms with Crippen molar-refractivity contribution in [3.05, 3.63) is 64.7 Å². The number of fused-ring (bicyclic) bond motifs is 2. The number of amides is 1. The molecule has 124 valence electrons. The third kappa shape index (κ3) is 2.96. The van der Waals surface area contributed by atoms with E-state index in [4.69, 9.17) is 0 Å². The largest absolute Gasteiger partial charge is 0.321 e. The lowest BCUT2D eigenvalue weighted by molar-refractivity contribution is -0.929. The standard InChI is InChI=1S/C21H24N2O/c1-15(23-12-11-17-5-2-3-6-19(17)14-23)21(24)22-20-10-9-16-7-4-8-18(16)13-20/h2-3,5-6,9-10,13,15H,4,7-8,11-12,14H2,1H3,(H,22,24)/p+1/t15-/m0/s1. The van der Waals surface area contributed by atoms with Gasteiger partial charge in [-0.3, -0.25) is 4.79 Å². The van der Waals surface area contributed by atoms with Gasteiger partial charge in [-0.1, -0.05) is 30.3 Å². The SMILES string of the molecule is C[C@@H](C(=O)Nc1ccc2c(c1)CCC2)[NH+]1CCc2ccccc2C1. The minimum absolute atomic E-state index is 0.0355. The van der Waals surface area contributed by atoms with Crippen molar-refractivity contribution in [3.63, 3.8) is 0 Å². The van der Waals surface area contributed by atoms with E-state index in [1.54, 1.807) is 0 Å². The van der Waals surface area contributed by atoms with Gasteiger partial charge in [-0.2, -0.15) is 0 Å². The predicted octanol–water partition coefficient (Wildman–Crippen LogP) is 2.14. The third-order valence-corrected chi connectivity index (χ3v) is 5.62. The summed E-state index contributed by atoms with van der Waals surface area (Å²) >= 11 is 0. The zero-order valence-electron chi connectivity index (χ0n) is 14.3. The van der Waals surface area contributed by atoms with Gasteiger partial charge in [0.25, 0.3) is 5.91 Å². The van der Waals surface area contributed by atoms with E-state index in [0.717, 1.165) is 31.6 Å². The number of anilines is 1. The van der Waals surface area contributed by atoms with Crippen LogP contribution in [-0.2, 0) is 30.6 Å². The van der Waals surface area contributed by atoms with E-state index in [1.807, 2.05) is 6.92 Å². The molecule has 1 aliphatic carbocycles. The molecular formula is C21H25N2O+. The van der Waals surface area contributed by atoms with Crippen molar-refractivity contribution < 1.29 is 9.69 Å².